The zero-order valence-corrected chi connectivity index (χ0v) is 11.1. The molecule has 0 bridgehead atoms. The molecule has 0 aliphatic heterocycles. The molecule has 1 rings (SSSR count). The van der Waals surface area contributed by atoms with E-state index in [1.54, 1.807) is 6.07 Å². The predicted molar refractivity (Wildman–Crippen MR) is 66.0 cm³/mol. The molecule has 0 radical (unpaired) electrons. The number of hydrogen-bond acceptors (Lipinski definition) is 2. The highest BCUT2D eigenvalue weighted by Gasteiger charge is 2.23. The second-order valence-corrected chi connectivity index (χ2v) is 5.76. The van der Waals surface area contributed by atoms with Gasteiger partial charge >= 0.3 is 0 Å². The van der Waals surface area contributed by atoms with Crippen LogP contribution < -0.4 is 0 Å². The van der Waals surface area contributed by atoms with Crippen molar-refractivity contribution >= 4 is 10.0 Å². The van der Waals surface area contributed by atoms with Crippen molar-refractivity contribution in [2.45, 2.75) is 32.6 Å². The number of nitrogens with zero attached hydrogens (tertiary/aromatic N) is 1. The molecule has 0 aliphatic carbocycles. The third kappa shape index (κ3) is 2.44. The zero-order chi connectivity index (χ0) is 12.3. The van der Waals surface area contributed by atoms with Gasteiger partial charge in [-0.2, -0.15) is 4.31 Å². The largest absolute Gasteiger partial charge is 0.243 e. The zero-order valence-electron chi connectivity index (χ0n) is 10.3. The summed E-state index contributed by atoms with van der Waals surface area (Å²) in [5, 5.41) is 0. The molecule has 0 atom stereocenters. The first kappa shape index (κ1) is 13.2. The van der Waals surface area contributed by atoms with Gasteiger partial charge in [-0.15, -0.1) is 0 Å². The van der Waals surface area contributed by atoms with Crippen molar-refractivity contribution in [3.63, 3.8) is 0 Å². The molecule has 0 spiro atoms. The van der Waals surface area contributed by atoms with E-state index >= 15 is 0 Å². The van der Waals surface area contributed by atoms with Crippen molar-refractivity contribution in [3.8, 4) is 0 Å². The smallest absolute Gasteiger partial charge is 0.207 e. The molecule has 4 heteroatoms. The molecular weight excluding hydrogens is 222 g/mol. The molecule has 1 aromatic rings. The van der Waals surface area contributed by atoms with E-state index < -0.39 is 10.0 Å². The van der Waals surface area contributed by atoms with Gasteiger partial charge in [0.15, 0.2) is 0 Å². The van der Waals surface area contributed by atoms with Gasteiger partial charge in [-0.3, -0.25) is 0 Å². The van der Waals surface area contributed by atoms with Crippen LogP contribution in [-0.4, -0.2) is 25.8 Å². The molecule has 0 heterocycles. The van der Waals surface area contributed by atoms with E-state index in [-0.39, 0.29) is 0 Å². The van der Waals surface area contributed by atoms with Crippen molar-refractivity contribution in [2.75, 3.05) is 13.1 Å². The molecule has 0 saturated carbocycles. The van der Waals surface area contributed by atoms with Gasteiger partial charge < -0.3 is 0 Å². The molecule has 0 amide bonds. The van der Waals surface area contributed by atoms with Gasteiger partial charge in [0.25, 0.3) is 0 Å². The molecule has 16 heavy (non-hydrogen) atoms. The van der Waals surface area contributed by atoms with E-state index in [2.05, 4.69) is 0 Å². The fraction of sp³-hybridized carbons (Fsp3) is 0.500. The van der Waals surface area contributed by atoms with Crippen molar-refractivity contribution in [3.05, 3.63) is 29.3 Å². The van der Waals surface area contributed by atoms with E-state index in [9.17, 15) is 8.42 Å². The predicted octanol–water partition coefficient (Wildman–Crippen LogP) is 2.33. The summed E-state index contributed by atoms with van der Waals surface area (Å²) in [5.41, 5.74) is 1.77. The van der Waals surface area contributed by atoms with Crippen LogP contribution in [0, 0.1) is 13.8 Å². The summed E-state index contributed by atoms with van der Waals surface area (Å²) in [6, 6.07) is 5.52. The molecule has 0 N–H and O–H groups in total. The Morgan fingerprint density at radius 1 is 1.12 bits per heavy atom. The van der Waals surface area contributed by atoms with Gasteiger partial charge in [0.05, 0.1) is 4.90 Å². The van der Waals surface area contributed by atoms with E-state index in [1.165, 1.54) is 4.31 Å². The summed E-state index contributed by atoms with van der Waals surface area (Å²) >= 11 is 0. The molecule has 90 valence electrons. The standard InChI is InChI=1S/C12H19NO2S/c1-5-13(6-2)16(14,15)12-9-10(3)7-8-11(12)4/h7-9H,5-6H2,1-4H3. The number of benzene rings is 1. The van der Waals surface area contributed by atoms with Crippen LogP contribution in [0.3, 0.4) is 0 Å². The third-order valence-electron chi connectivity index (χ3n) is 2.67. The Morgan fingerprint density at radius 3 is 2.19 bits per heavy atom. The lowest BCUT2D eigenvalue weighted by Crippen LogP contribution is -2.31. The van der Waals surface area contributed by atoms with Crippen molar-refractivity contribution in [2.24, 2.45) is 0 Å². The maximum atomic E-state index is 12.3. The second-order valence-electron chi connectivity index (χ2n) is 3.86. The van der Waals surface area contributed by atoms with Gasteiger partial charge in [-0.05, 0) is 31.0 Å². The normalized spacial score (nSPS) is 12.1. The first-order valence-electron chi connectivity index (χ1n) is 5.50. The first-order valence-corrected chi connectivity index (χ1v) is 6.94. The Kier molecular flexibility index (Phi) is 4.10. The lowest BCUT2D eigenvalue weighted by molar-refractivity contribution is 0.445. The second kappa shape index (κ2) is 4.97. The topological polar surface area (TPSA) is 37.4 Å². The molecule has 1 aromatic carbocycles. The van der Waals surface area contributed by atoms with Crippen LogP contribution in [0.15, 0.2) is 23.1 Å². The lowest BCUT2D eigenvalue weighted by Gasteiger charge is -2.19. The van der Waals surface area contributed by atoms with Crippen LogP contribution in [0.1, 0.15) is 25.0 Å². The summed E-state index contributed by atoms with van der Waals surface area (Å²) in [4.78, 5) is 0.427. The Morgan fingerprint density at radius 2 is 1.69 bits per heavy atom. The van der Waals surface area contributed by atoms with E-state index in [1.807, 2.05) is 39.8 Å². The highest BCUT2D eigenvalue weighted by molar-refractivity contribution is 7.89. The SMILES string of the molecule is CCN(CC)S(=O)(=O)c1cc(C)ccc1C. The molecular formula is C12H19NO2S. The monoisotopic (exact) mass is 241 g/mol. The maximum Gasteiger partial charge on any atom is 0.243 e. The average molecular weight is 241 g/mol. The van der Waals surface area contributed by atoms with Gasteiger partial charge in [0.2, 0.25) is 10.0 Å². The minimum Gasteiger partial charge on any atom is -0.207 e. The summed E-state index contributed by atoms with van der Waals surface area (Å²) in [7, 11) is -3.32. The Bertz CT molecular complexity index is 462. The fourth-order valence-corrected chi connectivity index (χ4v) is 3.46. The van der Waals surface area contributed by atoms with Crippen molar-refractivity contribution in [1.29, 1.82) is 0 Å². The Hall–Kier alpha value is -0.870. The number of rotatable bonds is 4. The number of hydrogen-bond donors (Lipinski definition) is 0. The van der Waals surface area contributed by atoms with Gasteiger partial charge in [0.1, 0.15) is 0 Å². The summed E-state index contributed by atoms with van der Waals surface area (Å²) in [6.45, 7) is 8.45. The quantitative estimate of drug-likeness (QED) is 0.811. The Labute approximate surface area is 98.1 Å². The van der Waals surface area contributed by atoms with Gasteiger partial charge in [0, 0.05) is 13.1 Å². The first-order chi connectivity index (χ1) is 7.43. The van der Waals surface area contributed by atoms with Crippen LogP contribution in [-0.2, 0) is 10.0 Å². The molecule has 0 unspecified atom stereocenters. The molecule has 3 nitrogen and oxygen atoms in total. The third-order valence-corrected chi connectivity index (χ3v) is 4.86. The average Bonchev–Trinajstić information content (AvgIpc) is 2.23. The highest BCUT2D eigenvalue weighted by atomic mass is 32.2. The van der Waals surface area contributed by atoms with Crippen LogP contribution in [0.25, 0.3) is 0 Å². The number of aryl methyl sites for hydroxylation is 2. The van der Waals surface area contributed by atoms with E-state index in [4.69, 9.17) is 0 Å². The van der Waals surface area contributed by atoms with E-state index in [0.717, 1.165) is 11.1 Å². The van der Waals surface area contributed by atoms with Crippen LogP contribution in [0.2, 0.25) is 0 Å². The summed E-state index contributed by atoms with van der Waals surface area (Å²) < 4.78 is 26.1. The molecule has 0 aliphatic rings. The minimum atomic E-state index is -3.32. The molecule has 0 aromatic heterocycles. The van der Waals surface area contributed by atoms with Gasteiger partial charge in [-0.25, -0.2) is 8.42 Å². The maximum absolute atomic E-state index is 12.3. The fourth-order valence-electron chi connectivity index (χ4n) is 1.69. The minimum absolute atomic E-state index is 0.427. The lowest BCUT2D eigenvalue weighted by atomic mass is 10.2. The van der Waals surface area contributed by atoms with Crippen LogP contribution in [0.5, 0.6) is 0 Å². The molecule has 0 saturated heterocycles. The highest BCUT2D eigenvalue weighted by Crippen LogP contribution is 2.20. The van der Waals surface area contributed by atoms with Crippen molar-refractivity contribution in [1.82, 2.24) is 4.31 Å². The summed E-state index contributed by atoms with van der Waals surface area (Å²) in [5.74, 6) is 0. The Balaban J connectivity index is 3.31. The number of sulfonamides is 1. The van der Waals surface area contributed by atoms with Crippen LogP contribution >= 0.6 is 0 Å². The molecule has 0 fully saturated rings. The van der Waals surface area contributed by atoms with Gasteiger partial charge in [-0.1, -0.05) is 26.0 Å². The van der Waals surface area contributed by atoms with Crippen molar-refractivity contribution < 1.29 is 8.42 Å². The van der Waals surface area contributed by atoms with E-state index in [0.29, 0.717) is 18.0 Å². The summed E-state index contributed by atoms with van der Waals surface area (Å²) in [6.07, 6.45) is 0. The van der Waals surface area contributed by atoms with Crippen LogP contribution in [0.4, 0.5) is 0 Å².